The van der Waals surface area contributed by atoms with Crippen molar-refractivity contribution in [3.05, 3.63) is 143 Å². The first-order chi connectivity index (χ1) is 26.4. The van der Waals surface area contributed by atoms with Gasteiger partial charge in [0.2, 0.25) is 0 Å². The normalized spacial score (nSPS) is 15.6. The standard InChI is InChI=1S/C23H22FN3O.C22H23FN2O.ClH/c24-19-6-4-16(5-7-19)8-11-27-12-9-17(10-13-27)23(28)21-3-1-2-20-18(14-25)15-26-22(20)21;23-19-6-4-16(5-7-19)9-13-25-14-10-18(11-15-25)22(26)20-3-1-2-17-8-12-24-21(17)20;/h1-7,15,17,26H,8-13H2;1-8,12,18,24H,9-11,13-15H2;1H. The van der Waals surface area contributed by atoms with Crippen molar-refractivity contribution in [2.45, 2.75) is 38.5 Å². The predicted molar refractivity (Wildman–Crippen MR) is 216 cm³/mol. The minimum Gasteiger partial charge on any atom is -0.361 e. The van der Waals surface area contributed by atoms with E-state index in [1.807, 2.05) is 72.9 Å². The summed E-state index contributed by atoms with van der Waals surface area (Å²) >= 11 is 0. The van der Waals surface area contributed by atoms with E-state index in [1.54, 1.807) is 6.20 Å². The number of rotatable bonds is 10. The summed E-state index contributed by atoms with van der Waals surface area (Å²) in [6, 6.07) is 29.1. The Balaban J connectivity index is 0.000000184. The minimum absolute atomic E-state index is 0. The molecule has 0 unspecified atom stereocenters. The molecule has 0 radical (unpaired) electrons. The van der Waals surface area contributed by atoms with Gasteiger partial charge in [-0.05, 0) is 118 Å². The molecule has 2 N–H and O–H groups in total. The third-order valence-corrected chi connectivity index (χ3v) is 11.1. The molecule has 0 aliphatic carbocycles. The Bertz CT molecular complexity index is 2240. The molecule has 284 valence electrons. The van der Waals surface area contributed by atoms with Gasteiger partial charge in [0.1, 0.15) is 17.7 Å². The summed E-state index contributed by atoms with van der Waals surface area (Å²) in [6.07, 6.45) is 8.84. The topological polar surface area (TPSA) is 96.0 Å². The number of hydrogen-bond donors (Lipinski definition) is 2. The molecule has 0 atom stereocenters. The first-order valence-electron chi connectivity index (χ1n) is 18.9. The number of hydrogen-bond acceptors (Lipinski definition) is 5. The van der Waals surface area contributed by atoms with Gasteiger partial charge in [0, 0.05) is 59.2 Å². The number of carbonyl (C=O) groups is 2. The summed E-state index contributed by atoms with van der Waals surface area (Å²) in [5.74, 6) is 0.144. The molecule has 2 aliphatic heterocycles. The lowest BCUT2D eigenvalue weighted by Gasteiger charge is -2.31. The van der Waals surface area contributed by atoms with Gasteiger partial charge >= 0.3 is 0 Å². The van der Waals surface area contributed by atoms with Crippen molar-refractivity contribution in [1.29, 1.82) is 5.26 Å². The van der Waals surface area contributed by atoms with Crippen LogP contribution in [0.15, 0.2) is 103 Å². The number of aromatic nitrogens is 2. The van der Waals surface area contributed by atoms with Gasteiger partial charge in [0.25, 0.3) is 0 Å². The van der Waals surface area contributed by atoms with Gasteiger partial charge in [-0.25, -0.2) is 8.78 Å². The monoisotopic (exact) mass is 761 g/mol. The van der Waals surface area contributed by atoms with Gasteiger partial charge in [-0.15, -0.1) is 12.4 Å². The molecule has 4 aromatic carbocycles. The fourth-order valence-corrected chi connectivity index (χ4v) is 7.90. The van der Waals surface area contributed by atoms with Gasteiger partial charge in [-0.3, -0.25) is 9.59 Å². The quantitative estimate of drug-likeness (QED) is 0.136. The number of nitrogens with one attached hydrogen (secondary N) is 2. The van der Waals surface area contributed by atoms with Gasteiger partial charge in [0.05, 0.1) is 16.6 Å². The highest BCUT2D eigenvalue weighted by Crippen LogP contribution is 2.28. The number of benzene rings is 4. The highest BCUT2D eigenvalue weighted by molar-refractivity contribution is 6.09. The van der Waals surface area contributed by atoms with Crippen LogP contribution in [0.4, 0.5) is 8.78 Å². The maximum absolute atomic E-state index is 13.1. The second-order valence-electron chi connectivity index (χ2n) is 14.5. The Labute approximate surface area is 326 Å². The van der Waals surface area contributed by atoms with E-state index in [-0.39, 0.29) is 47.4 Å². The van der Waals surface area contributed by atoms with Crippen LogP contribution in [0.2, 0.25) is 0 Å². The molecule has 2 fully saturated rings. The first-order valence-corrected chi connectivity index (χ1v) is 18.9. The molecule has 6 aromatic rings. The number of carbonyl (C=O) groups excluding carboxylic acids is 2. The van der Waals surface area contributed by atoms with Crippen LogP contribution in [-0.2, 0) is 12.8 Å². The number of likely N-dealkylation sites (tertiary alicyclic amines) is 2. The highest BCUT2D eigenvalue weighted by atomic mass is 35.5. The Hall–Kier alpha value is -5.14. The van der Waals surface area contributed by atoms with Crippen LogP contribution in [0, 0.1) is 34.8 Å². The molecule has 4 heterocycles. The van der Waals surface area contributed by atoms with Crippen molar-refractivity contribution in [2.75, 3.05) is 39.3 Å². The molecular weight excluding hydrogens is 716 g/mol. The van der Waals surface area contributed by atoms with E-state index < -0.39 is 0 Å². The lowest BCUT2D eigenvalue weighted by Crippen LogP contribution is -2.37. The summed E-state index contributed by atoms with van der Waals surface area (Å²) in [7, 11) is 0. The smallest absolute Gasteiger partial charge is 0.168 e. The number of Topliss-reactive ketones (excluding diaryl/α,β-unsaturated/α-hetero) is 2. The fraction of sp³-hybridized carbons (Fsp3) is 0.311. The summed E-state index contributed by atoms with van der Waals surface area (Å²) in [6.45, 7) is 5.54. The first kappa shape index (κ1) is 39.6. The zero-order chi connectivity index (χ0) is 37.4. The largest absolute Gasteiger partial charge is 0.361 e. The number of nitriles is 1. The van der Waals surface area contributed by atoms with Crippen molar-refractivity contribution >= 4 is 45.8 Å². The van der Waals surface area contributed by atoms with Gasteiger partial charge in [-0.2, -0.15) is 5.26 Å². The van der Waals surface area contributed by atoms with E-state index in [0.29, 0.717) is 11.1 Å². The van der Waals surface area contributed by atoms with Crippen LogP contribution in [0.3, 0.4) is 0 Å². The third-order valence-electron chi connectivity index (χ3n) is 11.1. The van der Waals surface area contributed by atoms with E-state index in [1.165, 1.54) is 24.3 Å². The lowest BCUT2D eigenvalue weighted by atomic mass is 9.88. The van der Waals surface area contributed by atoms with Crippen molar-refractivity contribution < 1.29 is 18.4 Å². The Morgan fingerprint density at radius 1 is 0.655 bits per heavy atom. The van der Waals surface area contributed by atoms with Crippen molar-refractivity contribution in [3.63, 3.8) is 0 Å². The summed E-state index contributed by atoms with van der Waals surface area (Å²) < 4.78 is 26.0. The van der Waals surface area contributed by atoms with Crippen LogP contribution in [0.1, 0.15) is 63.1 Å². The predicted octanol–water partition coefficient (Wildman–Crippen LogP) is 9.18. The summed E-state index contributed by atoms with van der Waals surface area (Å²) in [5, 5.41) is 11.1. The molecule has 0 amide bonds. The number of nitrogens with zero attached hydrogens (tertiary/aromatic N) is 3. The highest BCUT2D eigenvalue weighted by Gasteiger charge is 2.28. The second kappa shape index (κ2) is 18.5. The van der Waals surface area contributed by atoms with Crippen LogP contribution in [0.25, 0.3) is 21.8 Å². The summed E-state index contributed by atoms with van der Waals surface area (Å²) in [4.78, 5) is 37.1. The van der Waals surface area contributed by atoms with Crippen LogP contribution in [0.5, 0.6) is 0 Å². The number of fused-ring (bicyclic) bond motifs is 2. The number of ketones is 2. The number of halogens is 3. The zero-order valence-corrected chi connectivity index (χ0v) is 31.6. The van der Waals surface area contributed by atoms with Crippen molar-refractivity contribution in [2.24, 2.45) is 11.8 Å². The number of para-hydroxylation sites is 2. The second-order valence-corrected chi connectivity index (χ2v) is 14.5. The molecule has 2 aromatic heterocycles. The fourth-order valence-electron chi connectivity index (χ4n) is 7.90. The zero-order valence-electron chi connectivity index (χ0n) is 30.8. The Morgan fingerprint density at radius 3 is 1.65 bits per heavy atom. The lowest BCUT2D eigenvalue weighted by molar-refractivity contribution is 0.0836. The van der Waals surface area contributed by atoms with Crippen LogP contribution < -0.4 is 0 Å². The van der Waals surface area contributed by atoms with Gasteiger partial charge in [0.15, 0.2) is 11.6 Å². The van der Waals surface area contributed by atoms with Crippen molar-refractivity contribution in [1.82, 2.24) is 19.8 Å². The van der Waals surface area contributed by atoms with Gasteiger partial charge < -0.3 is 19.8 Å². The van der Waals surface area contributed by atoms with Gasteiger partial charge in [-0.1, -0.05) is 48.5 Å². The molecule has 0 bridgehead atoms. The average molecular weight is 762 g/mol. The van der Waals surface area contributed by atoms with Crippen LogP contribution >= 0.6 is 12.4 Å². The number of aromatic amines is 2. The molecule has 2 aliphatic rings. The van der Waals surface area contributed by atoms with E-state index in [9.17, 15) is 23.6 Å². The summed E-state index contributed by atoms with van der Waals surface area (Å²) in [5.41, 5.74) is 6.08. The SMILES string of the molecule is Cl.N#Cc1c[nH]c2c(C(=O)C3CCN(CCc4ccc(F)cc4)CC3)cccc12.O=C(c1cccc2cc[nH]c12)C1CCN(CCc2ccc(F)cc2)CC1. The van der Waals surface area contributed by atoms with E-state index in [0.717, 1.165) is 116 Å². The molecule has 0 saturated carbocycles. The molecule has 7 nitrogen and oxygen atoms in total. The Kier molecular flexibility index (Phi) is 13.3. The molecular formula is C45H46ClF2N5O2. The number of piperidine rings is 2. The third kappa shape index (κ3) is 9.57. The number of H-pyrrole nitrogens is 2. The maximum atomic E-state index is 13.1. The minimum atomic E-state index is -0.206. The van der Waals surface area contributed by atoms with E-state index in [4.69, 9.17) is 0 Å². The average Bonchev–Trinajstić information content (AvgIpc) is 3.88. The maximum Gasteiger partial charge on any atom is 0.168 e. The van der Waals surface area contributed by atoms with E-state index in [2.05, 4.69) is 25.8 Å². The van der Waals surface area contributed by atoms with Crippen molar-refractivity contribution in [3.8, 4) is 6.07 Å². The van der Waals surface area contributed by atoms with Crippen LogP contribution in [-0.4, -0.2) is 70.6 Å². The molecule has 10 heteroatoms. The molecule has 2 saturated heterocycles. The molecule has 55 heavy (non-hydrogen) atoms. The molecule has 8 rings (SSSR count). The Morgan fingerprint density at radius 2 is 1.15 bits per heavy atom. The molecule has 0 spiro atoms. The van der Waals surface area contributed by atoms with E-state index >= 15 is 0 Å².